The van der Waals surface area contributed by atoms with Crippen molar-refractivity contribution in [3.05, 3.63) is 52.1 Å². The van der Waals surface area contributed by atoms with Crippen LogP contribution in [0.4, 0.5) is 11.5 Å². The quantitative estimate of drug-likeness (QED) is 0.908. The molecule has 2 aromatic rings. The molecule has 0 spiro atoms. The lowest BCUT2D eigenvalue weighted by Gasteiger charge is -2.09. The monoisotopic (exact) mass is 317 g/mol. The molecule has 19 heavy (non-hydrogen) atoms. The van der Waals surface area contributed by atoms with Crippen molar-refractivity contribution in [1.82, 2.24) is 4.98 Å². The summed E-state index contributed by atoms with van der Waals surface area (Å²) in [5.41, 5.74) is 1.23. The van der Waals surface area contributed by atoms with E-state index in [4.69, 9.17) is 10.4 Å². The molecule has 0 aliphatic rings. The first-order chi connectivity index (χ1) is 9.11. The number of rotatable bonds is 3. The normalized spacial score (nSPS) is 9.68. The Bertz CT molecular complexity index is 680. The Kier molecular flexibility index (Phi) is 3.78. The second kappa shape index (κ2) is 5.50. The van der Waals surface area contributed by atoms with Gasteiger partial charge in [-0.1, -0.05) is 0 Å². The summed E-state index contributed by atoms with van der Waals surface area (Å²) < 4.78 is 0.585. The number of aromatic carboxylic acids is 1. The first-order valence-corrected chi connectivity index (χ1v) is 6.06. The highest BCUT2D eigenvalue weighted by Gasteiger charge is 2.09. The lowest BCUT2D eigenvalue weighted by atomic mass is 10.2. The molecule has 1 heterocycles. The highest BCUT2D eigenvalue weighted by Crippen LogP contribution is 2.27. The molecule has 0 radical (unpaired) electrons. The fourth-order valence-electron chi connectivity index (χ4n) is 1.47. The fourth-order valence-corrected chi connectivity index (χ4v) is 1.95. The number of carboxylic acid groups (broad SMARTS) is 1. The summed E-state index contributed by atoms with van der Waals surface area (Å²) >= 11 is 3.28. The van der Waals surface area contributed by atoms with E-state index in [1.807, 2.05) is 6.07 Å². The van der Waals surface area contributed by atoms with Crippen molar-refractivity contribution in [2.45, 2.75) is 0 Å². The standard InChI is InChI=1S/C13H8BrN3O2/c14-10-6-8(13(18)19)3-4-11(10)17-12-9(7-15)2-1-5-16-12/h1-6H,(H,16,17)(H,18,19). The first-order valence-electron chi connectivity index (χ1n) is 5.27. The molecule has 0 saturated carbocycles. The Balaban J connectivity index is 2.34. The van der Waals surface area contributed by atoms with Gasteiger partial charge < -0.3 is 10.4 Å². The number of benzene rings is 1. The number of nitriles is 1. The van der Waals surface area contributed by atoms with Crippen molar-refractivity contribution in [3.8, 4) is 6.07 Å². The number of pyridine rings is 1. The van der Waals surface area contributed by atoms with Gasteiger partial charge >= 0.3 is 5.97 Å². The van der Waals surface area contributed by atoms with Crippen LogP contribution >= 0.6 is 15.9 Å². The van der Waals surface area contributed by atoms with Gasteiger partial charge in [-0.2, -0.15) is 5.26 Å². The van der Waals surface area contributed by atoms with Crippen molar-refractivity contribution in [1.29, 1.82) is 5.26 Å². The van der Waals surface area contributed by atoms with Crippen LogP contribution < -0.4 is 5.32 Å². The molecule has 2 rings (SSSR count). The molecule has 0 bridgehead atoms. The van der Waals surface area contributed by atoms with Gasteiger partial charge in [0, 0.05) is 10.7 Å². The zero-order chi connectivity index (χ0) is 13.8. The van der Waals surface area contributed by atoms with Gasteiger partial charge in [0.2, 0.25) is 0 Å². The summed E-state index contributed by atoms with van der Waals surface area (Å²) in [5, 5.41) is 20.8. The Hall–Kier alpha value is -2.39. The molecule has 0 fully saturated rings. The average Bonchev–Trinajstić information content (AvgIpc) is 2.41. The highest BCUT2D eigenvalue weighted by atomic mass is 79.9. The van der Waals surface area contributed by atoms with Crippen LogP contribution in [-0.2, 0) is 0 Å². The Labute approximate surface area is 117 Å². The van der Waals surface area contributed by atoms with Crippen LogP contribution in [0, 0.1) is 11.3 Å². The van der Waals surface area contributed by atoms with Crippen LogP contribution in [0.25, 0.3) is 0 Å². The van der Waals surface area contributed by atoms with E-state index in [0.29, 0.717) is 21.5 Å². The molecule has 0 saturated heterocycles. The van der Waals surface area contributed by atoms with E-state index in [1.165, 1.54) is 12.1 Å². The second-order valence-electron chi connectivity index (χ2n) is 3.64. The molecule has 94 valence electrons. The molecule has 0 aliphatic carbocycles. The van der Waals surface area contributed by atoms with Gasteiger partial charge in [-0.25, -0.2) is 9.78 Å². The molecule has 0 unspecified atom stereocenters. The van der Waals surface area contributed by atoms with Gasteiger partial charge in [0.05, 0.1) is 16.8 Å². The molecule has 5 nitrogen and oxygen atoms in total. The van der Waals surface area contributed by atoms with Crippen molar-refractivity contribution < 1.29 is 9.90 Å². The SMILES string of the molecule is N#Cc1cccnc1Nc1ccc(C(=O)O)cc1Br. The molecular formula is C13H8BrN3O2. The summed E-state index contributed by atoms with van der Waals surface area (Å²) in [6.07, 6.45) is 1.57. The van der Waals surface area contributed by atoms with Crippen LogP contribution in [0.3, 0.4) is 0 Å². The fraction of sp³-hybridized carbons (Fsp3) is 0. The predicted octanol–water partition coefficient (Wildman–Crippen LogP) is 3.16. The zero-order valence-corrected chi connectivity index (χ0v) is 11.2. The van der Waals surface area contributed by atoms with Gasteiger partial charge in [0.1, 0.15) is 11.9 Å². The predicted molar refractivity (Wildman–Crippen MR) is 73.3 cm³/mol. The lowest BCUT2D eigenvalue weighted by Crippen LogP contribution is -2.00. The number of nitrogens with zero attached hydrogens (tertiary/aromatic N) is 2. The van der Waals surface area contributed by atoms with Crippen molar-refractivity contribution in [3.63, 3.8) is 0 Å². The smallest absolute Gasteiger partial charge is 0.335 e. The van der Waals surface area contributed by atoms with Crippen LogP contribution in [0.5, 0.6) is 0 Å². The minimum atomic E-state index is -0.997. The van der Waals surface area contributed by atoms with Crippen LogP contribution in [0.1, 0.15) is 15.9 Å². The van der Waals surface area contributed by atoms with E-state index in [-0.39, 0.29) is 5.56 Å². The first kappa shape index (κ1) is 13.1. The molecular weight excluding hydrogens is 310 g/mol. The van der Waals surface area contributed by atoms with E-state index >= 15 is 0 Å². The molecule has 0 aliphatic heterocycles. The Morgan fingerprint density at radius 1 is 1.42 bits per heavy atom. The van der Waals surface area contributed by atoms with Crippen LogP contribution in [0.2, 0.25) is 0 Å². The molecule has 0 atom stereocenters. The summed E-state index contributed by atoms with van der Waals surface area (Å²) in [6.45, 7) is 0. The molecule has 2 N–H and O–H groups in total. The highest BCUT2D eigenvalue weighted by molar-refractivity contribution is 9.10. The number of carboxylic acids is 1. The summed E-state index contributed by atoms with van der Waals surface area (Å²) in [4.78, 5) is 14.9. The van der Waals surface area contributed by atoms with E-state index < -0.39 is 5.97 Å². The van der Waals surface area contributed by atoms with Crippen molar-refractivity contribution >= 4 is 33.4 Å². The van der Waals surface area contributed by atoms with Crippen molar-refractivity contribution in [2.24, 2.45) is 0 Å². The van der Waals surface area contributed by atoms with Gasteiger partial charge in [-0.15, -0.1) is 0 Å². The van der Waals surface area contributed by atoms with Crippen molar-refractivity contribution in [2.75, 3.05) is 5.32 Å². The number of hydrogen-bond donors (Lipinski definition) is 2. The van der Waals surface area contributed by atoms with Gasteiger partial charge in [-0.05, 0) is 46.3 Å². The summed E-state index contributed by atoms with van der Waals surface area (Å²) in [5.74, 6) is -0.573. The topological polar surface area (TPSA) is 86.0 Å². The van der Waals surface area contributed by atoms with Crippen LogP contribution in [-0.4, -0.2) is 16.1 Å². The summed E-state index contributed by atoms with van der Waals surface area (Å²) in [6, 6.07) is 9.93. The second-order valence-corrected chi connectivity index (χ2v) is 4.49. The van der Waals surface area contributed by atoms with E-state index in [0.717, 1.165) is 0 Å². The molecule has 6 heteroatoms. The minimum Gasteiger partial charge on any atom is -0.478 e. The van der Waals surface area contributed by atoms with Gasteiger partial charge in [-0.3, -0.25) is 0 Å². The Morgan fingerprint density at radius 2 is 2.21 bits per heavy atom. The minimum absolute atomic E-state index is 0.180. The largest absolute Gasteiger partial charge is 0.478 e. The number of nitrogens with one attached hydrogen (secondary N) is 1. The molecule has 1 aromatic heterocycles. The third kappa shape index (κ3) is 2.89. The number of carbonyl (C=O) groups is 1. The summed E-state index contributed by atoms with van der Waals surface area (Å²) in [7, 11) is 0. The Morgan fingerprint density at radius 3 is 2.84 bits per heavy atom. The average molecular weight is 318 g/mol. The van der Waals surface area contributed by atoms with Gasteiger partial charge in [0.15, 0.2) is 0 Å². The van der Waals surface area contributed by atoms with Crippen LogP contribution in [0.15, 0.2) is 41.0 Å². The number of hydrogen-bond acceptors (Lipinski definition) is 4. The van der Waals surface area contributed by atoms with E-state index in [2.05, 4.69) is 26.2 Å². The molecule has 1 aromatic carbocycles. The number of aromatic nitrogens is 1. The maximum atomic E-state index is 10.8. The lowest BCUT2D eigenvalue weighted by molar-refractivity contribution is 0.0697. The number of anilines is 2. The van der Waals surface area contributed by atoms with E-state index in [1.54, 1.807) is 24.4 Å². The maximum Gasteiger partial charge on any atom is 0.335 e. The van der Waals surface area contributed by atoms with E-state index in [9.17, 15) is 4.79 Å². The number of halogens is 1. The molecule has 0 amide bonds. The third-order valence-electron chi connectivity index (χ3n) is 2.40. The zero-order valence-electron chi connectivity index (χ0n) is 9.59. The maximum absolute atomic E-state index is 10.8. The van der Waals surface area contributed by atoms with Gasteiger partial charge in [0.25, 0.3) is 0 Å². The third-order valence-corrected chi connectivity index (χ3v) is 3.05.